The third-order valence-corrected chi connectivity index (χ3v) is 6.05. The van der Waals surface area contributed by atoms with E-state index >= 15 is 0 Å². The van der Waals surface area contributed by atoms with Crippen LogP contribution in [0.25, 0.3) is 21.8 Å². The van der Waals surface area contributed by atoms with Gasteiger partial charge in [-0.3, -0.25) is 4.79 Å². The molecule has 0 saturated heterocycles. The van der Waals surface area contributed by atoms with E-state index in [-0.39, 0.29) is 11.9 Å². The van der Waals surface area contributed by atoms with Gasteiger partial charge in [0.05, 0.1) is 6.04 Å². The first-order chi connectivity index (χ1) is 13.7. The SMILES string of the molecule is Cn1cc(CCC(=O)N[C@H]2CCCc3c2[nH]c2ccccc32)c2ccccc21. The van der Waals surface area contributed by atoms with Crippen LogP contribution in [-0.2, 0) is 24.7 Å². The van der Waals surface area contributed by atoms with E-state index in [9.17, 15) is 4.79 Å². The van der Waals surface area contributed by atoms with Crippen molar-refractivity contribution in [2.45, 2.75) is 38.1 Å². The van der Waals surface area contributed by atoms with Crippen LogP contribution in [0.4, 0.5) is 0 Å². The molecule has 5 rings (SSSR count). The van der Waals surface area contributed by atoms with Crippen LogP contribution in [0, 0.1) is 0 Å². The van der Waals surface area contributed by atoms with E-state index in [0.29, 0.717) is 6.42 Å². The largest absolute Gasteiger partial charge is 0.356 e. The van der Waals surface area contributed by atoms with Gasteiger partial charge in [0.15, 0.2) is 0 Å². The van der Waals surface area contributed by atoms with Crippen LogP contribution in [0.3, 0.4) is 0 Å². The second kappa shape index (κ2) is 6.86. The van der Waals surface area contributed by atoms with Crippen molar-refractivity contribution in [1.82, 2.24) is 14.9 Å². The molecule has 0 bridgehead atoms. The summed E-state index contributed by atoms with van der Waals surface area (Å²) in [6, 6.07) is 16.9. The number of aromatic amines is 1. The van der Waals surface area contributed by atoms with Crippen LogP contribution < -0.4 is 5.32 Å². The molecule has 0 saturated carbocycles. The van der Waals surface area contributed by atoms with Crippen molar-refractivity contribution in [2.24, 2.45) is 7.05 Å². The first-order valence-corrected chi connectivity index (χ1v) is 10.1. The summed E-state index contributed by atoms with van der Waals surface area (Å²) in [6.07, 6.45) is 6.62. The first kappa shape index (κ1) is 17.1. The average Bonchev–Trinajstić information content (AvgIpc) is 3.25. The Morgan fingerprint density at radius 3 is 2.82 bits per heavy atom. The fraction of sp³-hybridized carbons (Fsp3) is 0.292. The van der Waals surface area contributed by atoms with E-state index in [1.54, 1.807) is 0 Å². The first-order valence-electron chi connectivity index (χ1n) is 10.1. The minimum Gasteiger partial charge on any atom is -0.356 e. The molecule has 0 fully saturated rings. The van der Waals surface area contributed by atoms with Crippen LogP contribution >= 0.6 is 0 Å². The molecule has 0 radical (unpaired) electrons. The van der Waals surface area contributed by atoms with Gasteiger partial charge in [-0.15, -0.1) is 0 Å². The summed E-state index contributed by atoms with van der Waals surface area (Å²) in [7, 11) is 2.06. The van der Waals surface area contributed by atoms with Crippen LogP contribution in [-0.4, -0.2) is 15.5 Å². The van der Waals surface area contributed by atoms with Crippen molar-refractivity contribution in [2.75, 3.05) is 0 Å². The molecule has 1 aliphatic rings. The van der Waals surface area contributed by atoms with Crippen LogP contribution in [0.2, 0.25) is 0 Å². The number of fused-ring (bicyclic) bond motifs is 4. The number of para-hydroxylation sites is 2. The number of aromatic nitrogens is 2. The summed E-state index contributed by atoms with van der Waals surface area (Å²) in [5.41, 5.74) is 6.20. The molecule has 2 aromatic heterocycles. The van der Waals surface area contributed by atoms with E-state index in [4.69, 9.17) is 0 Å². The molecule has 1 amide bonds. The van der Waals surface area contributed by atoms with Gasteiger partial charge in [0.1, 0.15) is 0 Å². The molecule has 0 spiro atoms. The van der Waals surface area contributed by atoms with Gasteiger partial charge >= 0.3 is 0 Å². The van der Waals surface area contributed by atoms with Gasteiger partial charge in [-0.05, 0) is 48.9 Å². The Hall–Kier alpha value is -3.01. The van der Waals surface area contributed by atoms with E-state index in [1.165, 1.54) is 38.6 Å². The van der Waals surface area contributed by atoms with E-state index < -0.39 is 0 Å². The second-order valence-corrected chi connectivity index (χ2v) is 7.86. The standard InChI is InChI=1S/C24H25N3O/c1-27-15-16(17-7-3-5-12-22(17)27)13-14-23(28)25-21-11-6-9-19-18-8-2-4-10-20(18)26-24(19)21/h2-5,7-8,10,12,15,21,26H,6,9,11,13-14H2,1H3,(H,25,28)/t21-/m0/s1. The van der Waals surface area contributed by atoms with Gasteiger partial charge in [0, 0.05) is 47.2 Å². The third-order valence-electron chi connectivity index (χ3n) is 6.05. The molecule has 4 nitrogen and oxygen atoms in total. The van der Waals surface area contributed by atoms with Gasteiger partial charge in [-0.25, -0.2) is 0 Å². The number of hydrogen-bond donors (Lipinski definition) is 2. The minimum absolute atomic E-state index is 0.0937. The lowest BCUT2D eigenvalue weighted by molar-refractivity contribution is -0.121. The Balaban J connectivity index is 1.31. The monoisotopic (exact) mass is 371 g/mol. The molecular formula is C24H25N3O. The van der Waals surface area contributed by atoms with Gasteiger partial charge in [0.25, 0.3) is 0 Å². The Labute approximate surface area is 164 Å². The predicted octanol–water partition coefficient (Wildman–Crippen LogP) is 4.79. The number of aryl methyl sites for hydroxylation is 3. The highest BCUT2D eigenvalue weighted by atomic mass is 16.1. The van der Waals surface area contributed by atoms with Gasteiger partial charge in [-0.2, -0.15) is 0 Å². The molecule has 4 aromatic rings. The van der Waals surface area contributed by atoms with Gasteiger partial charge in [-0.1, -0.05) is 36.4 Å². The van der Waals surface area contributed by atoms with E-state index in [1.807, 2.05) is 0 Å². The predicted molar refractivity (Wildman–Crippen MR) is 113 cm³/mol. The Morgan fingerprint density at radius 2 is 1.93 bits per heavy atom. The summed E-state index contributed by atoms with van der Waals surface area (Å²) in [5.74, 6) is 0.129. The molecule has 1 aliphatic carbocycles. The lowest BCUT2D eigenvalue weighted by Crippen LogP contribution is -2.31. The maximum absolute atomic E-state index is 12.7. The number of benzene rings is 2. The fourth-order valence-corrected chi connectivity index (χ4v) is 4.70. The Kier molecular flexibility index (Phi) is 4.19. The summed E-state index contributed by atoms with van der Waals surface area (Å²) in [5, 5.41) is 5.83. The topological polar surface area (TPSA) is 49.8 Å². The van der Waals surface area contributed by atoms with Crippen LogP contribution in [0.1, 0.15) is 42.1 Å². The number of nitrogens with zero attached hydrogens (tertiary/aromatic N) is 1. The van der Waals surface area contributed by atoms with Crippen LogP contribution in [0.5, 0.6) is 0 Å². The highest BCUT2D eigenvalue weighted by molar-refractivity contribution is 5.86. The molecule has 4 heteroatoms. The number of rotatable bonds is 4. The normalized spacial score (nSPS) is 16.4. The van der Waals surface area contributed by atoms with E-state index in [2.05, 4.69) is 76.6 Å². The van der Waals surface area contributed by atoms with Gasteiger partial charge in [0.2, 0.25) is 5.91 Å². The maximum Gasteiger partial charge on any atom is 0.220 e. The van der Waals surface area contributed by atoms with Crippen molar-refractivity contribution in [1.29, 1.82) is 0 Å². The zero-order valence-corrected chi connectivity index (χ0v) is 16.2. The molecule has 2 heterocycles. The minimum atomic E-state index is 0.0937. The fourth-order valence-electron chi connectivity index (χ4n) is 4.70. The molecule has 0 unspecified atom stereocenters. The average molecular weight is 371 g/mol. The zero-order chi connectivity index (χ0) is 19.1. The molecule has 2 N–H and O–H groups in total. The number of hydrogen-bond acceptors (Lipinski definition) is 1. The molecule has 0 aliphatic heterocycles. The number of carbonyl (C=O) groups is 1. The summed E-state index contributed by atoms with van der Waals surface area (Å²) in [4.78, 5) is 16.3. The van der Waals surface area contributed by atoms with Crippen LogP contribution in [0.15, 0.2) is 54.7 Å². The van der Waals surface area contributed by atoms with Crippen molar-refractivity contribution in [3.8, 4) is 0 Å². The molecule has 28 heavy (non-hydrogen) atoms. The molecular weight excluding hydrogens is 346 g/mol. The molecule has 1 atom stereocenters. The highest BCUT2D eigenvalue weighted by Gasteiger charge is 2.25. The quantitative estimate of drug-likeness (QED) is 0.533. The summed E-state index contributed by atoms with van der Waals surface area (Å²) in [6.45, 7) is 0. The smallest absolute Gasteiger partial charge is 0.220 e. The third kappa shape index (κ3) is 2.89. The Morgan fingerprint density at radius 1 is 1.14 bits per heavy atom. The zero-order valence-electron chi connectivity index (χ0n) is 16.2. The van der Waals surface area contributed by atoms with Crippen molar-refractivity contribution < 1.29 is 4.79 Å². The Bertz CT molecular complexity index is 1170. The van der Waals surface area contributed by atoms with Crippen molar-refractivity contribution in [3.63, 3.8) is 0 Å². The maximum atomic E-state index is 12.7. The molecule has 2 aromatic carbocycles. The number of carbonyl (C=O) groups excluding carboxylic acids is 1. The molecule has 142 valence electrons. The summed E-state index contributed by atoms with van der Waals surface area (Å²) >= 11 is 0. The van der Waals surface area contributed by atoms with Crippen molar-refractivity contribution in [3.05, 3.63) is 71.5 Å². The number of amides is 1. The van der Waals surface area contributed by atoms with E-state index in [0.717, 1.165) is 25.7 Å². The number of nitrogens with one attached hydrogen (secondary N) is 2. The highest BCUT2D eigenvalue weighted by Crippen LogP contribution is 2.34. The summed E-state index contributed by atoms with van der Waals surface area (Å²) < 4.78 is 2.14. The lowest BCUT2D eigenvalue weighted by Gasteiger charge is -2.24. The number of H-pyrrole nitrogens is 1. The second-order valence-electron chi connectivity index (χ2n) is 7.86. The van der Waals surface area contributed by atoms with Crippen molar-refractivity contribution >= 4 is 27.7 Å². The lowest BCUT2D eigenvalue weighted by atomic mass is 9.91. The van der Waals surface area contributed by atoms with Gasteiger partial charge < -0.3 is 14.9 Å².